The van der Waals surface area contributed by atoms with Crippen LogP contribution in [0.15, 0.2) is 11.6 Å². The minimum absolute atomic E-state index is 0.0422. The number of ether oxygens (including phenoxy) is 1. The van der Waals surface area contributed by atoms with Crippen LogP contribution < -0.4 is 0 Å². The number of carbonyl (C=O) groups excluding carboxylic acids is 1. The number of ketones is 1. The lowest BCUT2D eigenvalue weighted by atomic mass is 9.48. The highest BCUT2D eigenvalue weighted by Gasteiger charge is 2.64. The van der Waals surface area contributed by atoms with Gasteiger partial charge in [-0.1, -0.05) is 25.8 Å². The Bertz CT molecular complexity index is 423. The Hall–Kier alpha value is -0.670. The third-order valence-electron chi connectivity index (χ3n) is 5.48. The summed E-state index contributed by atoms with van der Waals surface area (Å²) < 4.78 is 5.53. The number of hydrogen-bond acceptors (Lipinski definition) is 3. The SMILES string of the molecule is CC1=CC(=O)C2C(C)(C)CCCC23C(O)OCC13. The van der Waals surface area contributed by atoms with Crippen molar-refractivity contribution in [1.82, 2.24) is 0 Å². The predicted molar refractivity (Wildman–Crippen MR) is 67.8 cm³/mol. The zero-order valence-electron chi connectivity index (χ0n) is 11.4. The molecule has 100 valence electrons. The standard InChI is InChI=1S/C15H22O3/c1-9-7-11(16)12-14(2,3)5-4-6-15(12)10(9)8-18-13(15)17/h7,10,12-13,17H,4-6,8H2,1-3H3. The van der Waals surface area contributed by atoms with Crippen LogP contribution in [0, 0.1) is 22.7 Å². The normalized spacial score (nSPS) is 46.3. The number of hydrogen-bond donors (Lipinski definition) is 1. The molecule has 0 amide bonds. The Morgan fingerprint density at radius 3 is 2.83 bits per heavy atom. The Morgan fingerprint density at radius 1 is 1.39 bits per heavy atom. The fourth-order valence-corrected chi connectivity index (χ4v) is 4.79. The second-order valence-electron chi connectivity index (χ2n) is 6.92. The first-order chi connectivity index (χ1) is 8.39. The number of aliphatic hydroxyl groups is 1. The topological polar surface area (TPSA) is 46.5 Å². The van der Waals surface area contributed by atoms with Crippen LogP contribution in [0.1, 0.15) is 40.0 Å². The molecule has 1 aliphatic heterocycles. The van der Waals surface area contributed by atoms with Gasteiger partial charge in [-0.05, 0) is 31.3 Å². The van der Waals surface area contributed by atoms with Gasteiger partial charge in [0.05, 0.1) is 6.61 Å². The van der Waals surface area contributed by atoms with Crippen LogP contribution in [0.3, 0.4) is 0 Å². The molecular weight excluding hydrogens is 228 g/mol. The van der Waals surface area contributed by atoms with Crippen LogP contribution in [-0.4, -0.2) is 23.8 Å². The molecule has 4 atom stereocenters. The molecule has 0 aromatic rings. The summed E-state index contributed by atoms with van der Waals surface area (Å²) in [6.07, 6.45) is 4.05. The van der Waals surface area contributed by atoms with E-state index in [1.54, 1.807) is 6.08 Å². The molecule has 1 spiro atoms. The number of allylic oxidation sites excluding steroid dienone is 1. The molecule has 3 heteroatoms. The lowest BCUT2D eigenvalue weighted by Gasteiger charge is -2.54. The van der Waals surface area contributed by atoms with Gasteiger partial charge < -0.3 is 9.84 Å². The van der Waals surface area contributed by atoms with Crippen molar-refractivity contribution >= 4 is 5.78 Å². The maximum absolute atomic E-state index is 12.5. The van der Waals surface area contributed by atoms with E-state index in [1.165, 1.54) is 0 Å². The molecule has 0 radical (unpaired) electrons. The predicted octanol–water partition coefficient (Wildman–Crippen LogP) is 2.29. The van der Waals surface area contributed by atoms with E-state index in [0.29, 0.717) is 6.61 Å². The summed E-state index contributed by atoms with van der Waals surface area (Å²) in [7, 11) is 0. The van der Waals surface area contributed by atoms with E-state index in [0.717, 1.165) is 24.8 Å². The number of rotatable bonds is 0. The lowest BCUT2D eigenvalue weighted by molar-refractivity contribution is -0.179. The third-order valence-corrected chi connectivity index (χ3v) is 5.48. The van der Waals surface area contributed by atoms with Gasteiger partial charge in [-0.2, -0.15) is 0 Å². The van der Waals surface area contributed by atoms with Gasteiger partial charge in [-0.15, -0.1) is 0 Å². The van der Waals surface area contributed by atoms with Gasteiger partial charge >= 0.3 is 0 Å². The van der Waals surface area contributed by atoms with Gasteiger partial charge in [0.2, 0.25) is 0 Å². The Kier molecular flexibility index (Phi) is 2.52. The Labute approximate surface area is 108 Å². The minimum atomic E-state index is -0.778. The van der Waals surface area contributed by atoms with E-state index < -0.39 is 6.29 Å². The summed E-state index contributed by atoms with van der Waals surface area (Å²) in [6, 6.07) is 0. The van der Waals surface area contributed by atoms with Crippen molar-refractivity contribution < 1.29 is 14.6 Å². The fourth-order valence-electron chi connectivity index (χ4n) is 4.79. The molecule has 2 aliphatic carbocycles. The first-order valence-electron chi connectivity index (χ1n) is 6.91. The fraction of sp³-hybridized carbons (Fsp3) is 0.800. The summed E-state index contributed by atoms with van der Waals surface area (Å²) in [5.41, 5.74) is 0.683. The van der Waals surface area contributed by atoms with Crippen molar-refractivity contribution in [2.24, 2.45) is 22.7 Å². The molecule has 1 N–H and O–H groups in total. The average Bonchev–Trinajstić information content (AvgIpc) is 2.55. The summed E-state index contributed by atoms with van der Waals surface area (Å²) in [4.78, 5) is 12.5. The Balaban J connectivity index is 2.17. The second-order valence-corrected chi connectivity index (χ2v) is 6.92. The van der Waals surface area contributed by atoms with E-state index in [2.05, 4.69) is 13.8 Å². The van der Waals surface area contributed by atoms with Crippen molar-refractivity contribution in [3.63, 3.8) is 0 Å². The lowest BCUT2D eigenvalue weighted by Crippen LogP contribution is -2.56. The van der Waals surface area contributed by atoms with Crippen LogP contribution in [0.2, 0.25) is 0 Å². The van der Waals surface area contributed by atoms with E-state index >= 15 is 0 Å². The smallest absolute Gasteiger partial charge is 0.161 e. The van der Waals surface area contributed by atoms with Crippen LogP contribution in [0.4, 0.5) is 0 Å². The highest BCUT2D eigenvalue weighted by atomic mass is 16.6. The Morgan fingerprint density at radius 2 is 2.11 bits per heavy atom. The molecule has 2 fully saturated rings. The zero-order valence-corrected chi connectivity index (χ0v) is 11.4. The maximum atomic E-state index is 12.5. The summed E-state index contributed by atoms with van der Waals surface area (Å²) in [5, 5.41) is 10.4. The highest BCUT2D eigenvalue weighted by molar-refractivity contribution is 5.95. The van der Waals surface area contributed by atoms with Crippen LogP contribution >= 0.6 is 0 Å². The van der Waals surface area contributed by atoms with Crippen LogP contribution in [-0.2, 0) is 9.53 Å². The average molecular weight is 250 g/mol. The van der Waals surface area contributed by atoms with Crippen molar-refractivity contribution in [1.29, 1.82) is 0 Å². The molecule has 1 saturated carbocycles. The van der Waals surface area contributed by atoms with Crippen LogP contribution in [0.5, 0.6) is 0 Å². The van der Waals surface area contributed by atoms with Gasteiger partial charge in [0.1, 0.15) is 0 Å². The van der Waals surface area contributed by atoms with Gasteiger partial charge in [-0.25, -0.2) is 0 Å². The van der Waals surface area contributed by atoms with Crippen molar-refractivity contribution in [2.75, 3.05) is 6.61 Å². The zero-order chi connectivity index (χ0) is 13.1. The third kappa shape index (κ3) is 1.35. The first kappa shape index (κ1) is 12.4. The van der Waals surface area contributed by atoms with Crippen LogP contribution in [0.25, 0.3) is 0 Å². The van der Waals surface area contributed by atoms with E-state index in [-0.39, 0.29) is 28.4 Å². The molecule has 3 rings (SSSR count). The molecule has 18 heavy (non-hydrogen) atoms. The quantitative estimate of drug-likeness (QED) is 0.717. The second kappa shape index (κ2) is 3.67. The number of aliphatic hydroxyl groups excluding tert-OH is 1. The summed E-state index contributed by atoms with van der Waals surface area (Å²) in [6.45, 7) is 6.88. The molecule has 0 aromatic heterocycles. The first-order valence-corrected chi connectivity index (χ1v) is 6.91. The monoisotopic (exact) mass is 250 g/mol. The summed E-state index contributed by atoms with van der Waals surface area (Å²) >= 11 is 0. The molecular formula is C15H22O3. The van der Waals surface area contributed by atoms with Gasteiger partial charge in [0.15, 0.2) is 12.1 Å². The molecule has 1 saturated heterocycles. The maximum Gasteiger partial charge on any atom is 0.161 e. The van der Waals surface area contributed by atoms with Crippen molar-refractivity contribution in [3.05, 3.63) is 11.6 Å². The minimum Gasteiger partial charge on any atom is -0.367 e. The summed E-state index contributed by atoms with van der Waals surface area (Å²) in [5.74, 6) is 0.317. The molecule has 0 bridgehead atoms. The highest BCUT2D eigenvalue weighted by Crippen LogP contribution is 2.62. The van der Waals surface area contributed by atoms with E-state index in [1.807, 2.05) is 6.92 Å². The molecule has 3 aliphatic rings. The van der Waals surface area contributed by atoms with E-state index in [4.69, 9.17) is 4.74 Å². The van der Waals surface area contributed by atoms with Crippen molar-refractivity contribution in [2.45, 2.75) is 46.3 Å². The van der Waals surface area contributed by atoms with E-state index in [9.17, 15) is 9.90 Å². The van der Waals surface area contributed by atoms with Gasteiger partial charge in [0.25, 0.3) is 0 Å². The van der Waals surface area contributed by atoms with Gasteiger partial charge in [-0.3, -0.25) is 4.79 Å². The molecule has 0 aromatic carbocycles. The van der Waals surface area contributed by atoms with Crippen molar-refractivity contribution in [3.8, 4) is 0 Å². The van der Waals surface area contributed by atoms with Gasteiger partial charge in [0, 0.05) is 17.3 Å². The largest absolute Gasteiger partial charge is 0.367 e. The molecule has 4 unspecified atom stereocenters. The molecule has 1 heterocycles. The molecule has 3 nitrogen and oxygen atoms in total. The number of carbonyl (C=O) groups is 1.